The molecule has 5 nitrogen and oxygen atoms in total. The zero-order valence-corrected chi connectivity index (χ0v) is 17.3. The summed E-state index contributed by atoms with van der Waals surface area (Å²) in [5, 5.41) is 3.55. The highest BCUT2D eigenvalue weighted by molar-refractivity contribution is 9.10. The predicted molar refractivity (Wildman–Crippen MR) is 108 cm³/mol. The Morgan fingerprint density at radius 2 is 2.00 bits per heavy atom. The molecule has 1 heterocycles. The van der Waals surface area contributed by atoms with E-state index in [2.05, 4.69) is 67.4 Å². The number of nitrogens with one attached hydrogen (secondary N) is 1. The van der Waals surface area contributed by atoms with Crippen molar-refractivity contribution in [3.63, 3.8) is 0 Å². The lowest BCUT2D eigenvalue weighted by atomic mass is 9.97. The molecule has 1 N–H and O–H groups in total. The van der Waals surface area contributed by atoms with E-state index in [0.717, 1.165) is 42.6 Å². The number of ether oxygens (including phenoxy) is 1. The van der Waals surface area contributed by atoms with Crippen LogP contribution in [0.3, 0.4) is 0 Å². The standard InChI is InChI=1S/C19H31BrN4O/c1-21-19(23(2)15-17-4-6-18(20)7-5-17)22-14-16-8-10-24(11-9-16)12-13-25-3/h4-7,16H,8-15H2,1-3H3,(H,21,22). The highest BCUT2D eigenvalue weighted by Crippen LogP contribution is 2.16. The van der Waals surface area contributed by atoms with Crippen molar-refractivity contribution < 1.29 is 4.74 Å². The Bertz CT molecular complexity index is 527. The van der Waals surface area contributed by atoms with Gasteiger partial charge in [0.1, 0.15) is 0 Å². The zero-order valence-electron chi connectivity index (χ0n) is 15.7. The Morgan fingerprint density at radius 3 is 2.60 bits per heavy atom. The summed E-state index contributed by atoms with van der Waals surface area (Å²) < 4.78 is 6.28. The SMILES string of the molecule is CN=C(NCC1CCN(CCOC)CC1)N(C)Cc1ccc(Br)cc1. The fourth-order valence-electron chi connectivity index (χ4n) is 3.19. The number of halogens is 1. The minimum atomic E-state index is 0.719. The largest absolute Gasteiger partial charge is 0.383 e. The van der Waals surface area contributed by atoms with Gasteiger partial charge in [-0.1, -0.05) is 28.1 Å². The average Bonchev–Trinajstić information content (AvgIpc) is 2.63. The van der Waals surface area contributed by atoms with E-state index >= 15 is 0 Å². The summed E-state index contributed by atoms with van der Waals surface area (Å²) in [4.78, 5) is 9.11. The molecule has 0 radical (unpaired) electrons. The van der Waals surface area contributed by atoms with Crippen LogP contribution in [0.2, 0.25) is 0 Å². The normalized spacial score (nSPS) is 16.9. The lowest BCUT2D eigenvalue weighted by molar-refractivity contribution is 0.120. The summed E-state index contributed by atoms with van der Waals surface area (Å²) in [5.74, 6) is 1.68. The van der Waals surface area contributed by atoms with Gasteiger partial charge in [-0.2, -0.15) is 0 Å². The molecule has 1 aromatic rings. The van der Waals surface area contributed by atoms with Crippen LogP contribution in [0.4, 0.5) is 0 Å². The van der Waals surface area contributed by atoms with Crippen molar-refractivity contribution in [2.24, 2.45) is 10.9 Å². The van der Waals surface area contributed by atoms with Crippen molar-refractivity contribution in [3.8, 4) is 0 Å². The number of hydrogen-bond donors (Lipinski definition) is 1. The lowest BCUT2D eigenvalue weighted by Gasteiger charge is -2.32. The third-order valence-electron chi connectivity index (χ3n) is 4.77. The van der Waals surface area contributed by atoms with Crippen molar-refractivity contribution in [3.05, 3.63) is 34.3 Å². The molecule has 0 amide bonds. The Hall–Kier alpha value is -1.11. The summed E-state index contributed by atoms with van der Waals surface area (Å²) in [5.41, 5.74) is 1.28. The molecule has 2 rings (SSSR count). The Morgan fingerprint density at radius 1 is 1.32 bits per heavy atom. The summed E-state index contributed by atoms with van der Waals surface area (Å²) >= 11 is 3.48. The molecule has 0 aliphatic carbocycles. The van der Waals surface area contributed by atoms with Gasteiger partial charge in [-0.05, 0) is 49.5 Å². The highest BCUT2D eigenvalue weighted by atomic mass is 79.9. The summed E-state index contributed by atoms with van der Waals surface area (Å²) in [7, 11) is 5.71. The van der Waals surface area contributed by atoms with Gasteiger partial charge < -0.3 is 19.9 Å². The highest BCUT2D eigenvalue weighted by Gasteiger charge is 2.19. The minimum Gasteiger partial charge on any atom is -0.383 e. The van der Waals surface area contributed by atoms with Crippen LogP contribution in [0.1, 0.15) is 18.4 Å². The average molecular weight is 411 g/mol. The second-order valence-corrected chi connectivity index (χ2v) is 7.60. The molecule has 1 aromatic carbocycles. The van der Waals surface area contributed by atoms with Crippen LogP contribution in [0.15, 0.2) is 33.7 Å². The molecule has 1 fully saturated rings. The van der Waals surface area contributed by atoms with Crippen LogP contribution >= 0.6 is 15.9 Å². The molecule has 0 saturated carbocycles. The maximum absolute atomic E-state index is 5.17. The first-order valence-electron chi connectivity index (χ1n) is 9.00. The Labute approximate surface area is 160 Å². The van der Waals surface area contributed by atoms with Gasteiger partial charge in [-0.25, -0.2) is 0 Å². The third-order valence-corrected chi connectivity index (χ3v) is 5.30. The van der Waals surface area contributed by atoms with Crippen LogP contribution in [-0.4, -0.2) is 69.8 Å². The molecule has 1 saturated heterocycles. The lowest BCUT2D eigenvalue weighted by Crippen LogP contribution is -2.43. The van der Waals surface area contributed by atoms with E-state index in [-0.39, 0.29) is 0 Å². The first-order chi connectivity index (χ1) is 12.1. The molecular formula is C19H31BrN4O. The minimum absolute atomic E-state index is 0.719. The summed E-state index contributed by atoms with van der Waals surface area (Å²) in [6, 6.07) is 8.45. The predicted octanol–water partition coefficient (Wildman–Crippen LogP) is 2.81. The van der Waals surface area contributed by atoms with Gasteiger partial charge in [0.2, 0.25) is 0 Å². The van der Waals surface area contributed by atoms with Gasteiger partial charge >= 0.3 is 0 Å². The number of piperidine rings is 1. The van der Waals surface area contributed by atoms with E-state index in [1.807, 2.05) is 7.05 Å². The van der Waals surface area contributed by atoms with Gasteiger partial charge in [0.05, 0.1) is 6.61 Å². The second kappa shape index (κ2) is 10.8. The first-order valence-corrected chi connectivity index (χ1v) is 9.79. The molecule has 0 atom stereocenters. The summed E-state index contributed by atoms with van der Waals surface area (Å²) in [6.07, 6.45) is 2.48. The molecule has 0 aromatic heterocycles. The quantitative estimate of drug-likeness (QED) is 0.554. The summed E-state index contributed by atoms with van der Waals surface area (Å²) in [6.45, 7) is 6.06. The number of likely N-dealkylation sites (tertiary alicyclic amines) is 1. The maximum Gasteiger partial charge on any atom is 0.193 e. The monoisotopic (exact) mass is 410 g/mol. The zero-order chi connectivity index (χ0) is 18.1. The number of guanidine groups is 1. The molecule has 1 aliphatic heterocycles. The first kappa shape index (κ1) is 20.2. The van der Waals surface area contributed by atoms with Gasteiger partial charge in [-0.3, -0.25) is 4.99 Å². The second-order valence-electron chi connectivity index (χ2n) is 6.69. The molecule has 0 bridgehead atoms. The van der Waals surface area contributed by atoms with Crippen molar-refractivity contribution >= 4 is 21.9 Å². The van der Waals surface area contributed by atoms with Crippen LogP contribution in [0.25, 0.3) is 0 Å². The number of aliphatic imine (C=N–C) groups is 1. The fraction of sp³-hybridized carbons (Fsp3) is 0.632. The molecule has 0 spiro atoms. The van der Waals surface area contributed by atoms with E-state index in [9.17, 15) is 0 Å². The molecule has 1 aliphatic rings. The van der Waals surface area contributed by atoms with Crippen molar-refractivity contribution in [2.45, 2.75) is 19.4 Å². The van der Waals surface area contributed by atoms with Crippen LogP contribution in [0.5, 0.6) is 0 Å². The van der Waals surface area contributed by atoms with Gasteiger partial charge in [0.25, 0.3) is 0 Å². The van der Waals surface area contributed by atoms with Crippen molar-refractivity contribution in [1.29, 1.82) is 0 Å². The number of hydrogen-bond acceptors (Lipinski definition) is 3. The van der Waals surface area contributed by atoms with Crippen molar-refractivity contribution in [2.75, 3.05) is 54.0 Å². The maximum atomic E-state index is 5.17. The van der Waals surface area contributed by atoms with E-state index in [4.69, 9.17) is 4.74 Å². The molecule has 25 heavy (non-hydrogen) atoms. The number of rotatable bonds is 7. The van der Waals surface area contributed by atoms with Crippen LogP contribution < -0.4 is 5.32 Å². The molecule has 140 valence electrons. The number of methoxy groups -OCH3 is 1. The van der Waals surface area contributed by atoms with Gasteiger partial charge in [0.15, 0.2) is 5.96 Å². The van der Waals surface area contributed by atoms with E-state index in [1.165, 1.54) is 31.5 Å². The Balaban J connectivity index is 1.74. The van der Waals surface area contributed by atoms with Crippen LogP contribution in [-0.2, 0) is 11.3 Å². The third kappa shape index (κ3) is 6.96. The molecule has 6 heteroatoms. The van der Waals surface area contributed by atoms with Crippen LogP contribution in [0, 0.1) is 5.92 Å². The topological polar surface area (TPSA) is 40.1 Å². The fourth-order valence-corrected chi connectivity index (χ4v) is 3.46. The van der Waals surface area contributed by atoms with Gasteiger partial charge in [-0.15, -0.1) is 0 Å². The van der Waals surface area contributed by atoms with E-state index < -0.39 is 0 Å². The van der Waals surface area contributed by atoms with E-state index in [1.54, 1.807) is 7.11 Å². The number of benzene rings is 1. The smallest absolute Gasteiger partial charge is 0.193 e. The van der Waals surface area contributed by atoms with Crippen molar-refractivity contribution in [1.82, 2.24) is 15.1 Å². The molecular weight excluding hydrogens is 380 g/mol. The van der Waals surface area contributed by atoms with Gasteiger partial charge in [0, 0.05) is 45.3 Å². The molecule has 0 unspecified atom stereocenters. The van der Waals surface area contributed by atoms with E-state index in [0.29, 0.717) is 0 Å². The Kier molecular flexibility index (Phi) is 8.72. The number of nitrogens with zero attached hydrogens (tertiary/aromatic N) is 3.